The second kappa shape index (κ2) is 18.5. The van der Waals surface area contributed by atoms with Crippen LogP contribution in [-0.4, -0.2) is 119 Å². The van der Waals surface area contributed by atoms with E-state index in [2.05, 4.69) is 12.2 Å². The first-order valence-electron chi connectivity index (χ1n) is 14.6. The van der Waals surface area contributed by atoms with Gasteiger partial charge in [0.15, 0.2) is 0 Å². The summed E-state index contributed by atoms with van der Waals surface area (Å²) in [5.41, 5.74) is 23.9. The van der Waals surface area contributed by atoms with E-state index < -0.39 is 66.6 Å². The van der Waals surface area contributed by atoms with E-state index in [1.807, 2.05) is 13.8 Å². The Morgan fingerprint density at radius 2 is 1.75 bits per heavy atom. The molecule has 1 amide bonds. The molecule has 12 atom stereocenters. The van der Waals surface area contributed by atoms with Crippen LogP contribution in [0.5, 0.6) is 0 Å². The van der Waals surface area contributed by atoms with Gasteiger partial charge in [-0.3, -0.25) is 4.79 Å². The molecule has 238 valence electrons. The summed E-state index contributed by atoms with van der Waals surface area (Å²) in [6, 6.07) is -2.18. The number of nitrogens with two attached hydrogens (primary N) is 4. The van der Waals surface area contributed by atoms with Crippen molar-refractivity contribution in [3.05, 3.63) is 0 Å². The number of hydrogen-bond acceptors (Lipinski definition) is 12. The Kier molecular flexibility index (Phi) is 17.2. The molecule has 1 aliphatic rings. The number of aliphatic hydroxyl groups is 5. The predicted octanol–water partition coefficient (Wildman–Crippen LogP) is -2.49. The van der Waals surface area contributed by atoms with Gasteiger partial charge < -0.3 is 63.3 Å². The van der Waals surface area contributed by atoms with Crippen LogP contribution in [0.25, 0.3) is 0 Å². The minimum Gasteiger partial charge on any atom is -0.396 e. The fraction of sp³-hybridized carbons (Fsp3) is 0.963. The molecular weight excluding hydrogens is 522 g/mol. The molecule has 0 bridgehead atoms. The van der Waals surface area contributed by atoms with Crippen LogP contribution in [0.3, 0.4) is 0 Å². The molecule has 0 radical (unpaired) electrons. The Balaban J connectivity index is 3.04. The first-order valence-corrected chi connectivity index (χ1v) is 14.6. The van der Waals surface area contributed by atoms with Crippen LogP contribution in [0.4, 0.5) is 0 Å². The Morgan fingerprint density at radius 1 is 1.10 bits per heavy atom. The highest BCUT2D eigenvalue weighted by Crippen LogP contribution is 2.28. The summed E-state index contributed by atoms with van der Waals surface area (Å²) in [6.45, 7) is 7.94. The standard InChI is InChI=1S/C27H57N5O8/c1-5-16(11-29)9-21(14(2)3)40-26(18(30)8-15(4)32-27(38)19(34)6-7-28)20(35)13-39-22-10-17(12-33)24(36)23(31)25(22)37/h14-26,33-37H,5-13,28-31H2,1-4H3,(H,32,38)/t15-,16?,17?,18?,19?,20+,21?,22?,23?,24-,25+,26?/m0/s1. The van der Waals surface area contributed by atoms with Crippen molar-refractivity contribution >= 4 is 5.91 Å². The fourth-order valence-electron chi connectivity index (χ4n) is 5.16. The van der Waals surface area contributed by atoms with Crippen molar-refractivity contribution in [2.45, 2.75) is 121 Å². The number of carbonyl (C=O) groups excluding carboxylic acids is 1. The molecule has 1 aliphatic carbocycles. The van der Waals surface area contributed by atoms with Crippen LogP contribution in [0, 0.1) is 17.8 Å². The van der Waals surface area contributed by atoms with E-state index in [4.69, 9.17) is 32.4 Å². The summed E-state index contributed by atoms with van der Waals surface area (Å²) in [4.78, 5) is 12.3. The second-order valence-corrected chi connectivity index (χ2v) is 11.7. The molecule has 0 aromatic rings. The largest absolute Gasteiger partial charge is 0.396 e. The van der Waals surface area contributed by atoms with Gasteiger partial charge in [0, 0.05) is 24.6 Å². The molecule has 1 saturated carbocycles. The summed E-state index contributed by atoms with van der Waals surface area (Å²) >= 11 is 0. The quantitative estimate of drug-likeness (QED) is 0.0763. The van der Waals surface area contributed by atoms with Crippen molar-refractivity contribution in [2.24, 2.45) is 40.7 Å². The van der Waals surface area contributed by atoms with E-state index in [1.54, 1.807) is 6.92 Å². The van der Waals surface area contributed by atoms with Gasteiger partial charge in [-0.25, -0.2) is 0 Å². The van der Waals surface area contributed by atoms with E-state index in [9.17, 15) is 30.3 Å². The molecule has 8 unspecified atom stereocenters. The average Bonchev–Trinajstić information content (AvgIpc) is 2.91. The van der Waals surface area contributed by atoms with Crippen molar-refractivity contribution in [1.29, 1.82) is 0 Å². The number of nitrogens with one attached hydrogen (secondary N) is 1. The molecule has 0 aromatic heterocycles. The highest BCUT2D eigenvalue weighted by atomic mass is 16.5. The maximum absolute atomic E-state index is 12.3. The number of aliphatic hydroxyl groups excluding tert-OH is 5. The van der Waals surface area contributed by atoms with Gasteiger partial charge >= 0.3 is 0 Å². The third kappa shape index (κ3) is 11.4. The van der Waals surface area contributed by atoms with Crippen molar-refractivity contribution in [3.63, 3.8) is 0 Å². The van der Waals surface area contributed by atoms with E-state index in [-0.39, 0.29) is 57.0 Å². The Hall–Kier alpha value is -0.970. The van der Waals surface area contributed by atoms with E-state index in [0.29, 0.717) is 13.0 Å². The summed E-state index contributed by atoms with van der Waals surface area (Å²) in [7, 11) is 0. The Bertz CT molecular complexity index is 702. The van der Waals surface area contributed by atoms with Gasteiger partial charge in [-0.2, -0.15) is 0 Å². The molecule has 1 rings (SSSR count). The van der Waals surface area contributed by atoms with Crippen molar-refractivity contribution in [2.75, 3.05) is 26.3 Å². The molecule has 0 saturated heterocycles. The van der Waals surface area contributed by atoms with Gasteiger partial charge in [-0.15, -0.1) is 0 Å². The smallest absolute Gasteiger partial charge is 0.249 e. The first-order chi connectivity index (χ1) is 18.8. The highest BCUT2D eigenvalue weighted by Gasteiger charge is 2.42. The monoisotopic (exact) mass is 579 g/mol. The van der Waals surface area contributed by atoms with Crippen LogP contribution in [-0.2, 0) is 14.3 Å². The highest BCUT2D eigenvalue weighted by molar-refractivity contribution is 5.80. The zero-order valence-corrected chi connectivity index (χ0v) is 24.6. The topological polar surface area (TPSA) is 253 Å². The summed E-state index contributed by atoms with van der Waals surface area (Å²) < 4.78 is 12.3. The minimum absolute atomic E-state index is 0.0944. The number of hydrogen-bond donors (Lipinski definition) is 10. The third-order valence-corrected chi connectivity index (χ3v) is 8.01. The number of carbonyl (C=O) groups is 1. The lowest BCUT2D eigenvalue weighted by molar-refractivity contribution is -0.163. The molecule has 14 N–H and O–H groups in total. The molecule has 13 heteroatoms. The van der Waals surface area contributed by atoms with E-state index >= 15 is 0 Å². The summed E-state index contributed by atoms with van der Waals surface area (Å²) in [5.74, 6) is -0.803. The Morgan fingerprint density at radius 3 is 2.27 bits per heavy atom. The zero-order valence-electron chi connectivity index (χ0n) is 24.6. The molecule has 0 aromatic carbocycles. The zero-order chi connectivity index (χ0) is 30.6. The SMILES string of the molecule is CCC(CN)CC(OC(C(N)C[C@H](C)NC(=O)C(O)CCN)[C@H](O)COC1CC(CO)[C@H](O)C(N)[C@@H]1O)C(C)C. The van der Waals surface area contributed by atoms with Gasteiger partial charge in [0.05, 0.1) is 37.1 Å². The first kappa shape index (κ1) is 37.1. The van der Waals surface area contributed by atoms with Gasteiger partial charge in [0.25, 0.3) is 0 Å². The average molecular weight is 580 g/mol. The third-order valence-electron chi connectivity index (χ3n) is 8.01. The lowest BCUT2D eigenvalue weighted by atomic mass is 9.80. The second-order valence-electron chi connectivity index (χ2n) is 11.7. The van der Waals surface area contributed by atoms with Gasteiger partial charge in [0.2, 0.25) is 5.91 Å². The van der Waals surface area contributed by atoms with Gasteiger partial charge in [-0.1, -0.05) is 27.2 Å². The Labute approximate surface area is 238 Å². The summed E-state index contributed by atoms with van der Waals surface area (Å²) in [6.07, 6.45) is -4.60. The normalized spacial score (nSPS) is 28.9. The molecule has 0 spiro atoms. The number of rotatable bonds is 19. The van der Waals surface area contributed by atoms with Crippen molar-refractivity contribution in [1.82, 2.24) is 5.32 Å². The van der Waals surface area contributed by atoms with E-state index in [1.165, 1.54) is 0 Å². The van der Waals surface area contributed by atoms with Gasteiger partial charge in [-0.05, 0) is 57.5 Å². The summed E-state index contributed by atoms with van der Waals surface area (Å²) in [5, 5.41) is 54.2. The number of amides is 1. The molecule has 13 nitrogen and oxygen atoms in total. The molecule has 0 heterocycles. The van der Waals surface area contributed by atoms with Crippen molar-refractivity contribution in [3.8, 4) is 0 Å². The van der Waals surface area contributed by atoms with Crippen LogP contribution in [0.15, 0.2) is 0 Å². The van der Waals surface area contributed by atoms with Crippen LogP contribution < -0.4 is 28.3 Å². The maximum atomic E-state index is 12.3. The van der Waals surface area contributed by atoms with Crippen molar-refractivity contribution < 1.29 is 39.8 Å². The molecule has 0 aliphatic heterocycles. The van der Waals surface area contributed by atoms with E-state index in [0.717, 1.165) is 6.42 Å². The molecule has 40 heavy (non-hydrogen) atoms. The number of ether oxygens (including phenoxy) is 2. The fourth-order valence-corrected chi connectivity index (χ4v) is 5.16. The minimum atomic E-state index is -1.23. The van der Waals surface area contributed by atoms with Crippen LogP contribution in [0.2, 0.25) is 0 Å². The lowest BCUT2D eigenvalue weighted by Gasteiger charge is -2.41. The predicted molar refractivity (Wildman–Crippen MR) is 152 cm³/mol. The van der Waals surface area contributed by atoms with Gasteiger partial charge in [0.1, 0.15) is 18.3 Å². The lowest BCUT2D eigenvalue weighted by Crippen LogP contribution is -2.59. The molecular formula is C27H57N5O8. The maximum Gasteiger partial charge on any atom is 0.249 e. The molecule has 1 fully saturated rings. The van der Waals surface area contributed by atoms with Crippen LogP contribution >= 0.6 is 0 Å². The van der Waals surface area contributed by atoms with Crippen LogP contribution in [0.1, 0.15) is 59.8 Å².